The molecule has 0 saturated carbocycles. The number of ether oxygens (including phenoxy) is 1. The van der Waals surface area contributed by atoms with Crippen LogP contribution in [0.2, 0.25) is 0 Å². The van der Waals surface area contributed by atoms with E-state index < -0.39 is 0 Å². The van der Waals surface area contributed by atoms with Crippen molar-refractivity contribution in [2.24, 2.45) is 5.92 Å². The van der Waals surface area contributed by atoms with Gasteiger partial charge in [0.1, 0.15) is 17.3 Å². The maximum Gasteiger partial charge on any atom is 0.255 e. The minimum absolute atomic E-state index is 0.314. The zero-order chi connectivity index (χ0) is 19.4. The molecule has 0 aliphatic carbocycles. The molecule has 1 heterocycles. The molecule has 3 aromatic rings. The summed E-state index contributed by atoms with van der Waals surface area (Å²) in [4.78, 5) is 12.7. The first kappa shape index (κ1) is 18.6. The van der Waals surface area contributed by atoms with E-state index in [4.69, 9.17) is 4.74 Å². The van der Waals surface area contributed by atoms with Crippen LogP contribution in [0.15, 0.2) is 48.5 Å². The first-order chi connectivity index (χ1) is 13.0. The van der Waals surface area contributed by atoms with Crippen LogP contribution in [0.4, 0.5) is 10.1 Å². The predicted molar refractivity (Wildman–Crippen MR) is 103 cm³/mol. The molecule has 27 heavy (non-hydrogen) atoms. The molecule has 1 amide bonds. The van der Waals surface area contributed by atoms with E-state index in [1.165, 1.54) is 24.3 Å². The van der Waals surface area contributed by atoms with Crippen molar-refractivity contribution in [3.63, 3.8) is 0 Å². The lowest BCUT2D eigenvalue weighted by Crippen LogP contribution is -2.14. The number of methoxy groups -OCH3 is 1. The molecule has 0 radical (unpaired) electrons. The second-order valence-corrected chi connectivity index (χ2v) is 6.72. The lowest BCUT2D eigenvalue weighted by atomic mass is 10.0. The van der Waals surface area contributed by atoms with Crippen molar-refractivity contribution >= 4 is 11.6 Å². The number of benzene rings is 2. The fourth-order valence-electron chi connectivity index (χ4n) is 2.83. The number of aromatic amines is 1. The number of hydrogen-bond donors (Lipinski definition) is 2. The zero-order valence-corrected chi connectivity index (χ0v) is 15.5. The van der Waals surface area contributed by atoms with Crippen molar-refractivity contribution in [1.29, 1.82) is 0 Å². The number of rotatable bonds is 6. The number of amides is 1. The Labute approximate surface area is 157 Å². The highest BCUT2D eigenvalue weighted by molar-refractivity contribution is 6.06. The van der Waals surface area contributed by atoms with E-state index in [9.17, 15) is 9.18 Å². The van der Waals surface area contributed by atoms with E-state index in [0.717, 1.165) is 17.7 Å². The first-order valence-electron chi connectivity index (χ1n) is 8.76. The predicted octanol–water partition coefficient (Wildman–Crippen LogP) is 4.68. The first-order valence-corrected chi connectivity index (χ1v) is 8.76. The molecule has 0 aliphatic rings. The SMILES string of the molecule is COc1cccc(-c2n[nH]c(CC(C)C)c2NC(=O)c2ccc(F)cc2)c1. The molecule has 0 bridgehead atoms. The number of aromatic nitrogens is 2. The largest absolute Gasteiger partial charge is 0.497 e. The Balaban J connectivity index is 1.98. The highest BCUT2D eigenvalue weighted by Crippen LogP contribution is 2.32. The summed E-state index contributed by atoms with van der Waals surface area (Å²) in [5.41, 5.74) is 3.32. The minimum Gasteiger partial charge on any atom is -0.497 e. The maximum absolute atomic E-state index is 13.1. The molecule has 0 saturated heterocycles. The Morgan fingerprint density at radius 2 is 1.96 bits per heavy atom. The highest BCUT2D eigenvalue weighted by atomic mass is 19.1. The maximum atomic E-state index is 13.1. The van der Waals surface area contributed by atoms with Gasteiger partial charge in [-0.25, -0.2) is 4.39 Å². The molecule has 5 nitrogen and oxygen atoms in total. The van der Waals surface area contributed by atoms with Crippen molar-refractivity contribution in [2.45, 2.75) is 20.3 Å². The third-order valence-corrected chi connectivity index (χ3v) is 4.14. The molecular weight excluding hydrogens is 345 g/mol. The second-order valence-electron chi connectivity index (χ2n) is 6.72. The summed E-state index contributed by atoms with van der Waals surface area (Å²) >= 11 is 0. The van der Waals surface area contributed by atoms with Gasteiger partial charge in [-0.1, -0.05) is 26.0 Å². The summed E-state index contributed by atoms with van der Waals surface area (Å²) in [5.74, 6) is 0.389. The van der Waals surface area contributed by atoms with Gasteiger partial charge >= 0.3 is 0 Å². The molecule has 0 aliphatic heterocycles. The lowest BCUT2D eigenvalue weighted by molar-refractivity contribution is 0.102. The van der Waals surface area contributed by atoms with Gasteiger partial charge in [0.05, 0.1) is 18.5 Å². The topological polar surface area (TPSA) is 67.0 Å². The summed E-state index contributed by atoms with van der Waals surface area (Å²) in [5, 5.41) is 10.4. The van der Waals surface area contributed by atoms with Crippen LogP contribution < -0.4 is 10.1 Å². The molecule has 140 valence electrons. The van der Waals surface area contributed by atoms with Gasteiger partial charge in [-0.05, 0) is 48.7 Å². The third kappa shape index (κ3) is 4.34. The van der Waals surface area contributed by atoms with E-state index >= 15 is 0 Å². The monoisotopic (exact) mass is 367 g/mol. The van der Waals surface area contributed by atoms with Crippen molar-refractivity contribution in [1.82, 2.24) is 10.2 Å². The summed E-state index contributed by atoms with van der Waals surface area (Å²) < 4.78 is 18.4. The molecule has 3 rings (SSSR count). The summed E-state index contributed by atoms with van der Waals surface area (Å²) in [7, 11) is 1.60. The van der Waals surface area contributed by atoms with E-state index in [2.05, 4.69) is 29.4 Å². The van der Waals surface area contributed by atoms with E-state index in [0.29, 0.717) is 28.6 Å². The molecule has 1 aromatic heterocycles. The van der Waals surface area contributed by atoms with E-state index in [1.807, 2.05) is 24.3 Å². The molecule has 6 heteroatoms. The van der Waals surface area contributed by atoms with E-state index in [-0.39, 0.29) is 11.7 Å². The molecule has 0 unspecified atom stereocenters. The number of H-pyrrole nitrogens is 1. The van der Waals surface area contributed by atoms with Crippen molar-refractivity contribution in [3.05, 3.63) is 65.6 Å². The van der Waals surface area contributed by atoms with Gasteiger partial charge in [0.2, 0.25) is 0 Å². The van der Waals surface area contributed by atoms with Gasteiger partial charge in [0.25, 0.3) is 5.91 Å². The Kier molecular flexibility index (Phi) is 5.54. The average Bonchev–Trinajstić information content (AvgIpc) is 3.04. The van der Waals surface area contributed by atoms with Crippen molar-refractivity contribution in [3.8, 4) is 17.0 Å². The molecule has 2 aromatic carbocycles. The smallest absolute Gasteiger partial charge is 0.255 e. The van der Waals surface area contributed by atoms with Gasteiger partial charge in [0, 0.05) is 11.1 Å². The average molecular weight is 367 g/mol. The number of nitrogens with zero attached hydrogens (tertiary/aromatic N) is 1. The molecule has 0 spiro atoms. The number of anilines is 1. The number of hydrogen-bond acceptors (Lipinski definition) is 3. The number of halogens is 1. The van der Waals surface area contributed by atoms with Crippen LogP contribution in [0.25, 0.3) is 11.3 Å². The number of carbonyl (C=O) groups excluding carboxylic acids is 1. The van der Waals surface area contributed by atoms with Crippen LogP contribution in [-0.4, -0.2) is 23.2 Å². The Bertz CT molecular complexity index is 933. The summed E-state index contributed by atoms with van der Waals surface area (Å²) in [6.07, 6.45) is 0.732. The Morgan fingerprint density at radius 3 is 2.63 bits per heavy atom. The van der Waals surface area contributed by atoms with Crippen molar-refractivity contribution in [2.75, 3.05) is 12.4 Å². The van der Waals surface area contributed by atoms with Crippen LogP contribution in [0.1, 0.15) is 29.9 Å². The fourth-order valence-corrected chi connectivity index (χ4v) is 2.83. The summed E-state index contributed by atoms with van der Waals surface area (Å²) in [6, 6.07) is 12.9. The summed E-state index contributed by atoms with van der Waals surface area (Å²) in [6.45, 7) is 4.19. The molecular formula is C21H22FN3O2. The van der Waals surface area contributed by atoms with Crippen molar-refractivity contribution < 1.29 is 13.9 Å². The van der Waals surface area contributed by atoms with Crippen LogP contribution in [-0.2, 0) is 6.42 Å². The Morgan fingerprint density at radius 1 is 1.22 bits per heavy atom. The minimum atomic E-state index is -0.382. The zero-order valence-electron chi connectivity index (χ0n) is 15.5. The fraction of sp³-hybridized carbons (Fsp3) is 0.238. The Hall–Kier alpha value is -3.15. The molecule has 0 fully saturated rings. The van der Waals surface area contributed by atoms with Crippen LogP contribution in [0.3, 0.4) is 0 Å². The molecule has 2 N–H and O–H groups in total. The quantitative estimate of drug-likeness (QED) is 0.665. The number of carbonyl (C=O) groups is 1. The lowest BCUT2D eigenvalue weighted by Gasteiger charge is -2.11. The van der Waals surface area contributed by atoms with Crippen LogP contribution in [0, 0.1) is 11.7 Å². The standard InChI is InChI=1S/C21H22FN3O2/c1-13(2)11-18-20(23-21(26)14-7-9-16(22)10-8-14)19(25-24-18)15-5-4-6-17(12-15)27-3/h4-10,12-13H,11H2,1-3H3,(H,23,26)(H,24,25). The van der Waals surface area contributed by atoms with Gasteiger partial charge in [-0.3, -0.25) is 9.89 Å². The second kappa shape index (κ2) is 8.03. The van der Waals surface area contributed by atoms with E-state index in [1.54, 1.807) is 7.11 Å². The van der Waals surface area contributed by atoms with Crippen LogP contribution >= 0.6 is 0 Å². The normalized spacial score (nSPS) is 10.9. The molecule has 0 atom stereocenters. The number of nitrogens with one attached hydrogen (secondary N) is 2. The third-order valence-electron chi connectivity index (χ3n) is 4.14. The van der Waals surface area contributed by atoms with Crippen LogP contribution in [0.5, 0.6) is 5.75 Å². The van der Waals surface area contributed by atoms with Gasteiger partial charge in [0.15, 0.2) is 0 Å². The van der Waals surface area contributed by atoms with Gasteiger partial charge in [-0.2, -0.15) is 5.10 Å². The highest BCUT2D eigenvalue weighted by Gasteiger charge is 2.19. The van der Waals surface area contributed by atoms with Gasteiger partial charge < -0.3 is 10.1 Å². The van der Waals surface area contributed by atoms with Gasteiger partial charge in [-0.15, -0.1) is 0 Å².